The standard InChI is InChI=1S/C16H21BrN2O2S/c1-2-21-14-8-7-12(17)11-13(14)15(20)18-16(22)19-9-5-3-4-6-10-19/h7-8,11H,2-6,9-10H2,1H3,(H,18,20,22). The molecule has 4 nitrogen and oxygen atoms in total. The Balaban J connectivity index is 2.07. The lowest BCUT2D eigenvalue weighted by Crippen LogP contribution is -2.43. The molecule has 2 rings (SSSR count). The minimum absolute atomic E-state index is 0.223. The first-order chi connectivity index (χ1) is 10.6. The van der Waals surface area contributed by atoms with E-state index in [0.717, 1.165) is 30.4 Å². The minimum Gasteiger partial charge on any atom is -0.493 e. The van der Waals surface area contributed by atoms with Crippen molar-refractivity contribution in [3.8, 4) is 5.75 Å². The van der Waals surface area contributed by atoms with Crippen molar-refractivity contribution in [3.05, 3.63) is 28.2 Å². The lowest BCUT2D eigenvalue weighted by atomic mass is 10.2. The van der Waals surface area contributed by atoms with Crippen molar-refractivity contribution < 1.29 is 9.53 Å². The van der Waals surface area contributed by atoms with Crippen molar-refractivity contribution in [2.45, 2.75) is 32.6 Å². The summed E-state index contributed by atoms with van der Waals surface area (Å²) in [5.74, 6) is 0.348. The van der Waals surface area contributed by atoms with Gasteiger partial charge in [-0.15, -0.1) is 0 Å². The molecule has 22 heavy (non-hydrogen) atoms. The van der Waals surface area contributed by atoms with Crippen molar-refractivity contribution in [1.82, 2.24) is 10.2 Å². The second kappa shape index (κ2) is 8.48. The van der Waals surface area contributed by atoms with E-state index >= 15 is 0 Å². The number of thiocarbonyl (C=S) groups is 1. The lowest BCUT2D eigenvalue weighted by Gasteiger charge is -2.23. The summed E-state index contributed by atoms with van der Waals surface area (Å²) >= 11 is 8.78. The highest BCUT2D eigenvalue weighted by Crippen LogP contribution is 2.23. The largest absolute Gasteiger partial charge is 0.493 e. The van der Waals surface area contributed by atoms with Crippen molar-refractivity contribution in [1.29, 1.82) is 0 Å². The number of hydrogen-bond acceptors (Lipinski definition) is 3. The van der Waals surface area contributed by atoms with Crippen molar-refractivity contribution in [3.63, 3.8) is 0 Å². The van der Waals surface area contributed by atoms with Crippen LogP contribution in [0.5, 0.6) is 5.75 Å². The first-order valence-electron chi connectivity index (χ1n) is 7.64. The number of amides is 1. The summed E-state index contributed by atoms with van der Waals surface area (Å²) in [5.41, 5.74) is 0.494. The molecular formula is C16H21BrN2O2S. The second-order valence-electron chi connectivity index (χ2n) is 5.23. The zero-order valence-electron chi connectivity index (χ0n) is 12.7. The molecule has 0 saturated carbocycles. The quantitative estimate of drug-likeness (QED) is 0.805. The van der Waals surface area contributed by atoms with Crippen LogP contribution in [0.4, 0.5) is 0 Å². The van der Waals surface area contributed by atoms with Crippen molar-refractivity contribution >= 4 is 39.2 Å². The van der Waals surface area contributed by atoms with E-state index in [2.05, 4.69) is 26.1 Å². The minimum atomic E-state index is -0.223. The SMILES string of the molecule is CCOc1ccc(Br)cc1C(=O)NC(=S)N1CCCCCC1. The van der Waals surface area contributed by atoms with Crippen LogP contribution in [0.1, 0.15) is 43.0 Å². The molecule has 0 radical (unpaired) electrons. The summed E-state index contributed by atoms with van der Waals surface area (Å²) in [6.07, 6.45) is 4.70. The molecule has 1 aromatic rings. The second-order valence-corrected chi connectivity index (χ2v) is 6.54. The van der Waals surface area contributed by atoms with Gasteiger partial charge >= 0.3 is 0 Å². The fourth-order valence-corrected chi connectivity index (χ4v) is 3.11. The third-order valence-electron chi connectivity index (χ3n) is 3.60. The van der Waals surface area contributed by atoms with Crippen LogP contribution in [-0.4, -0.2) is 35.6 Å². The highest BCUT2D eigenvalue weighted by Gasteiger charge is 2.18. The molecule has 1 heterocycles. The molecule has 120 valence electrons. The third kappa shape index (κ3) is 4.68. The molecule has 1 saturated heterocycles. The van der Waals surface area contributed by atoms with Gasteiger partial charge in [-0.1, -0.05) is 28.8 Å². The van der Waals surface area contributed by atoms with Crippen LogP contribution in [-0.2, 0) is 0 Å². The maximum atomic E-state index is 12.5. The Morgan fingerprint density at radius 2 is 2.00 bits per heavy atom. The van der Waals surface area contributed by atoms with Gasteiger partial charge in [0.05, 0.1) is 12.2 Å². The molecule has 1 aliphatic rings. The molecule has 0 unspecified atom stereocenters. The Bertz CT molecular complexity index is 543. The molecule has 0 aliphatic carbocycles. The molecule has 6 heteroatoms. The number of nitrogens with one attached hydrogen (secondary N) is 1. The Morgan fingerprint density at radius 1 is 1.32 bits per heavy atom. The lowest BCUT2D eigenvalue weighted by molar-refractivity contribution is 0.0969. The maximum Gasteiger partial charge on any atom is 0.261 e. The molecule has 1 amide bonds. The van der Waals surface area contributed by atoms with Crippen LogP contribution in [0.2, 0.25) is 0 Å². The van der Waals surface area contributed by atoms with Gasteiger partial charge in [-0.25, -0.2) is 0 Å². The van der Waals surface area contributed by atoms with Gasteiger partial charge in [0.25, 0.3) is 5.91 Å². The van der Waals surface area contributed by atoms with Crippen molar-refractivity contribution in [2.75, 3.05) is 19.7 Å². The monoisotopic (exact) mass is 384 g/mol. The number of hydrogen-bond donors (Lipinski definition) is 1. The van der Waals surface area contributed by atoms with E-state index in [1.165, 1.54) is 12.8 Å². The predicted octanol–water partition coefficient (Wildman–Crippen LogP) is 3.74. The summed E-state index contributed by atoms with van der Waals surface area (Å²) in [6.45, 7) is 4.23. The molecule has 0 aromatic heterocycles. The summed E-state index contributed by atoms with van der Waals surface area (Å²) in [4.78, 5) is 14.6. The van der Waals surface area contributed by atoms with E-state index < -0.39 is 0 Å². The molecule has 1 N–H and O–H groups in total. The number of likely N-dealkylation sites (tertiary alicyclic amines) is 1. The summed E-state index contributed by atoms with van der Waals surface area (Å²) in [7, 11) is 0. The number of carbonyl (C=O) groups excluding carboxylic acids is 1. The first-order valence-corrected chi connectivity index (χ1v) is 8.84. The molecule has 1 fully saturated rings. The molecular weight excluding hydrogens is 364 g/mol. The molecule has 0 bridgehead atoms. The third-order valence-corrected chi connectivity index (χ3v) is 4.45. The number of ether oxygens (including phenoxy) is 1. The van der Waals surface area contributed by atoms with Gasteiger partial charge in [-0.3, -0.25) is 10.1 Å². The van der Waals surface area contributed by atoms with Crippen molar-refractivity contribution in [2.24, 2.45) is 0 Å². The molecule has 0 spiro atoms. The van der Waals surface area contributed by atoms with Gasteiger partial charge in [-0.2, -0.15) is 0 Å². The summed E-state index contributed by atoms with van der Waals surface area (Å²) in [6, 6.07) is 5.40. The number of carbonyl (C=O) groups is 1. The smallest absolute Gasteiger partial charge is 0.261 e. The Morgan fingerprint density at radius 3 is 2.64 bits per heavy atom. The highest BCUT2D eigenvalue weighted by molar-refractivity contribution is 9.10. The Labute approximate surface area is 145 Å². The van der Waals surface area contributed by atoms with E-state index in [4.69, 9.17) is 17.0 Å². The van der Waals surface area contributed by atoms with Crippen LogP contribution in [0.3, 0.4) is 0 Å². The average molecular weight is 385 g/mol. The molecule has 1 aliphatic heterocycles. The highest BCUT2D eigenvalue weighted by atomic mass is 79.9. The van der Waals surface area contributed by atoms with Gasteiger partial charge < -0.3 is 9.64 Å². The van der Waals surface area contributed by atoms with E-state index in [1.54, 1.807) is 12.1 Å². The zero-order valence-corrected chi connectivity index (χ0v) is 15.1. The first kappa shape index (κ1) is 17.2. The number of benzene rings is 1. The normalized spacial score (nSPS) is 15.1. The number of nitrogens with zero attached hydrogens (tertiary/aromatic N) is 1. The molecule has 0 atom stereocenters. The van der Waals surface area contributed by atoms with Crippen LogP contribution >= 0.6 is 28.1 Å². The van der Waals surface area contributed by atoms with Gasteiger partial charge in [0.15, 0.2) is 5.11 Å². The number of rotatable bonds is 3. The van der Waals surface area contributed by atoms with E-state index in [-0.39, 0.29) is 5.91 Å². The zero-order chi connectivity index (χ0) is 15.9. The predicted molar refractivity (Wildman–Crippen MR) is 95.4 cm³/mol. The summed E-state index contributed by atoms with van der Waals surface area (Å²) < 4.78 is 6.36. The average Bonchev–Trinajstić information content (AvgIpc) is 2.78. The van der Waals surface area contributed by atoms with Crippen LogP contribution in [0, 0.1) is 0 Å². The summed E-state index contributed by atoms with van der Waals surface area (Å²) in [5, 5.41) is 3.35. The Kier molecular flexibility index (Phi) is 6.64. The van der Waals surface area contributed by atoms with Crippen LogP contribution < -0.4 is 10.1 Å². The van der Waals surface area contributed by atoms with E-state index in [9.17, 15) is 4.79 Å². The fraction of sp³-hybridized carbons (Fsp3) is 0.500. The van der Waals surface area contributed by atoms with E-state index in [0.29, 0.717) is 23.0 Å². The van der Waals surface area contributed by atoms with Gasteiger partial charge in [0.1, 0.15) is 5.75 Å². The van der Waals surface area contributed by atoms with Crippen LogP contribution in [0.25, 0.3) is 0 Å². The fourth-order valence-electron chi connectivity index (χ4n) is 2.48. The van der Waals surface area contributed by atoms with E-state index in [1.807, 2.05) is 13.0 Å². The van der Waals surface area contributed by atoms with Crippen LogP contribution in [0.15, 0.2) is 22.7 Å². The van der Waals surface area contributed by atoms with Gasteiger partial charge in [0.2, 0.25) is 0 Å². The van der Waals surface area contributed by atoms with Gasteiger partial charge in [0, 0.05) is 17.6 Å². The number of halogens is 1. The molecule has 1 aromatic carbocycles. The maximum absolute atomic E-state index is 12.5. The Hall–Kier alpha value is -1.14. The topological polar surface area (TPSA) is 41.6 Å². The van der Waals surface area contributed by atoms with Gasteiger partial charge in [-0.05, 0) is 50.2 Å².